The SMILES string of the molecule is Cc1ccc(C(C)N=C2NC3(CCOCC3)CS2)s1. The van der Waals surface area contributed by atoms with E-state index >= 15 is 0 Å². The van der Waals surface area contributed by atoms with Crippen LogP contribution in [0.2, 0.25) is 0 Å². The molecule has 1 spiro atoms. The molecule has 2 fully saturated rings. The Bertz CT molecular complexity index is 478. The molecule has 1 atom stereocenters. The molecule has 19 heavy (non-hydrogen) atoms. The van der Waals surface area contributed by atoms with Gasteiger partial charge in [-0.05, 0) is 38.8 Å². The lowest BCUT2D eigenvalue weighted by Crippen LogP contribution is -2.48. The standard InChI is InChI=1S/C14H20N2OS2/c1-10-3-4-12(19-10)11(2)15-13-16-14(9-18-13)5-7-17-8-6-14/h3-4,11H,5-9H2,1-2H3,(H,15,16). The van der Waals surface area contributed by atoms with Gasteiger partial charge in [0.15, 0.2) is 5.17 Å². The summed E-state index contributed by atoms with van der Waals surface area (Å²) in [5.41, 5.74) is 0.243. The van der Waals surface area contributed by atoms with Crippen molar-refractivity contribution in [2.45, 2.75) is 38.3 Å². The third-order valence-electron chi connectivity index (χ3n) is 3.79. The summed E-state index contributed by atoms with van der Waals surface area (Å²) < 4.78 is 5.46. The smallest absolute Gasteiger partial charge is 0.157 e. The molecule has 1 N–H and O–H groups in total. The maximum absolute atomic E-state index is 5.46. The normalized spacial score (nSPS) is 25.7. The van der Waals surface area contributed by atoms with Crippen LogP contribution in [0.15, 0.2) is 17.1 Å². The Balaban J connectivity index is 1.68. The lowest BCUT2D eigenvalue weighted by atomic mass is 9.93. The molecule has 2 saturated heterocycles. The van der Waals surface area contributed by atoms with Gasteiger partial charge >= 0.3 is 0 Å². The molecule has 0 aromatic carbocycles. The fourth-order valence-electron chi connectivity index (χ4n) is 2.52. The predicted octanol–water partition coefficient (Wildman–Crippen LogP) is 3.36. The average molecular weight is 296 g/mol. The van der Waals surface area contributed by atoms with E-state index in [9.17, 15) is 0 Å². The van der Waals surface area contributed by atoms with Gasteiger partial charge in [0.1, 0.15) is 0 Å². The van der Waals surface area contributed by atoms with Gasteiger partial charge in [-0.2, -0.15) is 0 Å². The molecule has 3 rings (SSSR count). The van der Waals surface area contributed by atoms with E-state index < -0.39 is 0 Å². The molecule has 0 aliphatic carbocycles. The zero-order valence-corrected chi connectivity index (χ0v) is 13.1. The molecule has 0 saturated carbocycles. The van der Waals surface area contributed by atoms with E-state index in [1.807, 2.05) is 23.1 Å². The molecule has 1 aromatic rings. The van der Waals surface area contributed by atoms with Crippen molar-refractivity contribution in [1.82, 2.24) is 5.32 Å². The number of thiophene rings is 1. The minimum absolute atomic E-state index is 0.243. The second kappa shape index (κ2) is 5.46. The Kier molecular flexibility index (Phi) is 3.87. The Hall–Kier alpha value is -0.520. The van der Waals surface area contributed by atoms with Crippen molar-refractivity contribution in [1.29, 1.82) is 0 Å². The molecule has 0 bridgehead atoms. The van der Waals surface area contributed by atoms with Gasteiger partial charge in [-0.3, -0.25) is 4.99 Å². The fraction of sp³-hybridized carbons (Fsp3) is 0.643. The summed E-state index contributed by atoms with van der Waals surface area (Å²) in [6.45, 7) is 6.07. The summed E-state index contributed by atoms with van der Waals surface area (Å²) in [5.74, 6) is 1.13. The number of hydrogen-bond acceptors (Lipinski definition) is 4. The molecule has 1 unspecified atom stereocenters. The van der Waals surface area contributed by atoms with Crippen LogP contribution in [0.25, 0.3) is 0 Å². The fourth-order valence-corrected chi connectivity index (χ4v) is 4.69. The van der Waals surface area contributed by atoms with Gasteiger partial charge in [0.2, 0.25) is 0 Å². The summed E-state index contributed by atoms with van der Waals surface area (Å²) >= 11 is 3.71. The maximum Gasteiger partial charge on any atom is 0.157 e. The van der Waals surface area contributed by atoms with Crippen LogP contribution in [0, 0.1) is 6.92 Å². The number of nitrogens with one attached hydrogen (secondary N) is 1. The van der Waals surface area contributed by atoms with Crippen LogP contribution in [0.3, 0.4) is 0 Å². The number of thioether (sulfide) groups is 1. The van der Waals surface area contributed by atoms with Gasteiger partial charge in [-0.25, -0.2) is 0 Å². The highest BCUT2D eigenvalue weighted by Gasteiger charge is 2.38. The predicted molar refractivity (Wildman–Crippen MR) is 83.3 cm³/mol. The van der Waals surface area contributed by atoms with Gasteiger partial charge in [0.05, 0.1) is 11.6 Å². The lowest BCUT2D eigenvalue weighted by Gasteiger charge is -2.32. The number of aryl methyl sites for hydroxylation is 1. The zero-order valence-electron chi connectivity index (χ0n) is 11.4. The van der Waals surface area contributed by atoms with Crippen molar-refractivity contribution < 1.29 is 4.74 Å². The second-order valence-corrected chi connectivity index (χ2v) is 7.65. The Morgan fingerprint density at radius 1 is 1.37 bits per heavy atom. The lowest BCUT2D eigenvalue weighted by molar-refractivity contribution is 0.0555. The van der Waals surface area contributed by atoms with Crippen molar-refractivity contribution in [3.8, 4) is 0 Å². The number of amidine groups is 1. The summed E-state index contributed by atoms with van der Waals surface area (Å²) in [5, 5.41) is 4.76. The molecule has 0 radical (unpaired) electrons. The van der Waals surface area contributed by atoms with Crippen molar-refractivity contribution in [2.75, 3.05) is 19.0 Å². The van der Waals surface area contributed by atoms with Crippen LogP contribution in [0.1, 0.15) is 35.6 Å². The molecular weight excluding hydrogens is 276 g/mol. The van der Waals surface area contributed by atoms with Gasteiger partial charge < -0.3 is 10.1 Å². The topological polar surface area (TPSA) is 33.6 Å². The van der Waals surface area contributed by atoms with Gasteiger partial charge in [0, 0.05) is 28.7 Å². The minimum Gasteiger partial charge on any atom is -0.381 e. The van der Waals surface area contributed by atoms with Crippen molar-refractivity contribution in [3.63, 3.8) is 0 Å². The number of rotatable bonds is 2. The third kappa shape index (κ3) is 2.98. The summed E-state index contributed by atoms with van der Waals surface area (Å²) in [6, 6.07) is 4.62. The van der Waals surface area contributed by atoms with E-state index in [1.54, 1.807) is 0 Å². The number of aliphatic imine (C=N–C) groups is 1. The van der Waals surface area contributed by atoms with Gasteiger partial charge in [-0.1, -0.05) is 11.8 Å². The Labute approximate surface area is 122 Å². The Morgan fingerprint density at radius 2 is 2.16 bits per heavy atom. The molecule has 3 nitrogen and oxygen atoms in total. The molecule has 0 amide bonds. The molecule has 5 heteroatoms. The van der Waals surface area contributed by atoms with E-state index in [1.165, 1.54) is 9.75 Å². The molecule has 2 aliphatic rings. The van der Waals surface area contributed by atoms with Crippen LogP contribution >= 0.6 is 23.1 Å². The average Bonchev–Trinajstić information content (AvgIpc) is 2.98. The first kappa shape index (κ1) is 13.5. The second-order valence-electron chi connectivity index (χ2n) is 5.37. The first-order valence-corrected chi connectivity index (χ1v) is 8.60. The molecular formula is C14H20N2OS2. The van der Waals surface area contributed by atoms with E-state index in [2.05, 4.69) is 31.3 Å². The van der Waals surface area contributed by atoms with Gasteiger partial charge in [0.25, 0.3) is 0 Å². The van der Waals surface area contributed by atoms with Crippen molar-refractivity contribution in [2.24, 2.45) is 4.99 Å². The van der Waals surface area contributed by atoms with Crippen LogP contribution in [0.4, 0.5) is 0 Å². The monoisotopic (exact) mass is 296 g/mol. The number of hydrogen-bond donors (Lipinski definition) is 1. The highest BCUT2D eigenvalue weighted by Crippen LogP contribution is 2.33. The zero-order chi connectivity index (χ0) is 13.3. The minimum atomic E-state index is 0.243. The van der Waals surface area contributed by atoms with E-state index in [0.717, 1.165) is 37.0 Å². The van der Waals surface area contributed by atoms with Crippen LogP contribution in [-0.4, -0.2) is 29.7 Å². The first-order chi connectivity index (χ1) is 9.17. The molecule has 104 valence electrons. The van der Waals surface area contributed by atoms with Crippen LogP contribution in [0.5, 0.6) is 0 Å². The van der Waals surface area contributed by atoms with E-state index in [0.29, 0.717) is 0 Å². The highest BCUT2D eigenvalue weighted by molar-refractivity contribution is 8.14. The summed E-state index contributed by atoms with van der Waals surface area (Å²) in [6.07, 6.45) is 2.21. The van der Waals surface area contributed by atoms with Crippen molar-refractivity contribution >= 4 is 28.3 Å². The summed E-state index contributed by atoms with van der Waals surface area (Å²) in [4.78, 5) is 7.55. The van der Waals surface area contributed by atoms with E-state index in [4.69, 9.17) is 9.73 Å². The molecule has 1 aromatic heterocycles. The highest BCUT2D eigenvalue weighted by atomic mass is 32.2. The first-order valence-electron chi connectivity index (χ1n) is 6.80. The largest absolute Gasteiger partial charge is 0.381 e. The molecule has 2 aliphatic heterocycles. The summed E-state index contributed by atoms with van der Waals surface area (Å²) in [7, 11) is 0. The third-order valence-corrected chi connectivity index (χ3v) is 6.14. The van der Waals surface area contributed by atoms with Crippen LogP contribution in [-0.2, 0) is 4.74 Å². The van der Waals surface area contributed by atoms with Gasteiger partial charge in [-0.15, -0.1) is 11.3 Å². The van der Waals surface area contributed by atoms with Crippen LogP contribution < -0.4 is 5.32 Å². The van der Waals surface area contributed by atoms with Crippen molar-refractivity contribution in [3.05, 3.63) is 21.9 Å². The quantitative estimate of drug-likeness (QED) is 0.908. The number of ether oxygens (including phenoxy) is 1. The van der Waals surface area contributed by atoms with E-state index in [-0.39, 0.29) is 11.6 Å². The number of nitrogens with zero attached hydrogens (tertiary/aromatic N) is 1. The Morgan fingerprint density at radius 3 is 2.84 bits per heavy atom. The molecule has 3 heterocycles. The maximum atomic E-state index is 5.46.